The topological polar surface area (TPSA) is 37.5 Å². The summed E-state index contributed by atoms with van der Waals surface area (Å²) in [5.41, 5.74) is 2.85. The van der Waals surface area contributed by atoms with Crippen LogP contribution in [0.5, 0.6) is 0 Å². The van der Waals surface area contributed by atoms with Crippen LogP contribution in [0.2, 0.25) is 0 Å². The van der Waals surface area contributed by atoms with E-state index >= 15 is 0 Å². The van der Waals surface area contributed by atoms with Crippen molar-refractivity contribution < 1.29 is 5.11 Å². The van der Waals surface area contributed by atoms with Crippen LogP contribution in [0.1, 0.15) is 90.2 Å². The van der Waals surface area contributed by atoms with Gasteiger partial charge in [0.15, 0.2) is 0 Å². The van der Waals surface area contributed by atoms with Crippen LogP contribution in [0.25, 0.3) is 5.65 Å². The largest absolute Gasteiger partial charge is 0.390 e. The predicted molar refractivity (Wildman–Crippen MR) is 120 cm³/mol. The molecule has 8 atom stereocenters. The van der Waals surface area contributed by atoms with E-state index in [4.69, 9.17) is 4.98 Å². The van der Waals surface area contributed by atoms with E-state index in [2.05, 4.69) is 55.8 Å². The van der Waals surface area contributed by atoms with E-state index in [-0.39, 0.29) is 0 Å². The van der Waals surface area contributed by atoms with Gasteiger partial charge >= 0.3 is 0 Å². The van der Waals surface area contributed by atoms with Crippen molar-refractivity contribution in [3.8, 4) is 0 Å². The molecule has 0 amide bonds. The van der Waals surface area contributed by atoms with Gasteiger partial charge in [-0.3, -0.25) is 0 Å². The zero-order chi connectivity index (χ0) is 20.7. The summed E-state index contributed by atoms with van der Waals surface area (Å²) in [6.07, 6.45) is 15.8. The highest BCUT2D eigenvalue weighted by atomic mass is 16.3. The molecule has 3 heteroatoms. The summed E-state index contributed by atoms with van der Waals surface area (Å²) < 4.78 is 2.21. The van der Waals surface area contributed by atoms with Crippen molar-refractivity contribution in [3.63, 3.8) is 0 Å². The molecule has 4 saturated carbocycles. The number of rotatable bonds is 1. The number of pyridine rings is 1. The van der Waals surface area contributed by atoms with Gasteiger partial charge in [-0.25, -0.2) is 4.98 Å². The Balaban J connectivity index is 1.30. The summed E-state index contributed by atoms with van der Waals surface area (Å²) in [4.78, 5) is 5.07. The smallest absolute Gasteiger partial charge is 0.136 e. The fourth-order valence-electron chi connectivity index (χ4n) is 9.04. The molecular formula is C27H38N2O. The number of aliphatic hydroxyl groups is 1. The van der Waals surface area contributed by atoms with Crippen molar-refractivity contribution in [2.45, 2.75) is 90.1 Å². The second kappa shape index (κ2) is 6.34. The molecule has 0 aliphatic heterocycles. The molecule has 2 aromatic heterocycles. The molecule has 0 bridgehead atoms. The van der Waals surface area contributed by atoms with E-state index in [0.29, 0.717) is 16.7 Å². The van der Waals surface area contributed by atoms with Crippen LogP contribution < -0.4 is 0 Å². The third-order valence-electron chi connectivity index (χ3n) is 10.7. The molecule has 30 heavy (non-hydrogen) atoms. The van der Waals surface area contributed by atoms with Crippen LogP contribution in [0.4, 0.5) is 0 Å². The fraction of sp³-hybridized carbons (Fsp3) is 0.741. The minimum atomic E-state index is -0.429. The number of hydrogen-bond acceptors (Lipinski definition) is 2. The van der Waals surface area contributed by atoms with Gasteiger partial charge in [-0.05, 0) is 111 Å². The Morgan fingerprint density at radius 2 is 1.77 bits per heavy atom. The molecule has 3 nitrogen and oxygen atoms in total. The molecule has 0 saturated heterocycles. The molecule has 2 aromatic rings. The molecule has 4 aliphatic rings. The summed E-state index contributed by atoms with van der Waals surface area (Å²) >= 11 is 0. The normalized spacial score (nSPS) is 48.2. The number of imidazole rings is 1. The Bertz CT molecular complexity index is 930. The molecule has 0 aromatic carbocycles. The van der Waals surface area contributed by atoms with E-state index in [1.54, 1.807) is 0 Å². The van der Waals surface area contributed by atoms with Gasteiger partial charge < -0.3 is 9.51 Å². The van der Waals surface area contributed by atoms with E-state index in [9.17, 15) is 5.11 Å². The average molecular weight is 407 g/mol. The SMILES string of the molecule is C[C@@]1(O)CC[C@@]2(C)[C@H](CC[C@@H]3[C@@H]2CC[C@]2(C)[C@@H](c4cn5ccccc5n4)CC[C@@H]32)C1. The van der Waals surface area contributed by atoms with Crippen LogP contribution in [-0.2, 0) is 0 Å². The Labute approximate surface area is 181 Å². The Hall–Kier alpha value is -1.35. The molecule has 0 unspecified atom stereocenters. The monoisotopic (exact) mass is 406 g/mol. The number of aromatic nitrogens is 2. The quantitative estimate of drug-likeness (QED) is 0.611. The maximum atomic E-state index is 10.7. The van der Waals surface area contributed by atoms with Gasteiger partial charge in [-0.1, -0.05) is 19.9 Å². The minimum absolute atomic E-state index is 0.405. The number of fused-ring (bicyclic) bond motifs is 6. The van der Waals surface area contributed by atoms with Crippen LogP contribution in [0.15, 0.2) is 30.6 Å². The highest BCUT2D eigenvalue weighted by molar-refractivity contribution is 5.40. The van der Waals surface area contributed by atoms with Gasteiger partial charge in [0.25, 0.3) is 0 Å². The molecule has 0 radical (unpaired) electrons. The van der Waals surface area contributed by atoms with E-state index in [1.165, 1.54) is 50.6 Å². The van der Waals surface area contributed by atoms with Crippen molar-refractivity contribution in [2.24, 2.45) is 34.5 Å². The van der Waals surface area contributed by atoms with E-state index in [0.717, 1.165) is 42.2 Å². The first-order valence-electron chi connectivity index (χ1n) is 12.5. The van der Waals surface area contributed by atoms with Gasteiger partial charge in [0.05, 0.1) is 11.3 Å². The summed E-state index contributed by atoms with van der Waals surface area (Å²) in [5.74, 6) is 3.94. The lowest BCUT2D eigenvalue weighted by Gasteiger charge is -2.61. The van der Waals surface area contributed by atoms with Gasteiger partial charge in [-0.2, -0.15) is 0 Å². The third kappa shape index (κ3) is 2.63. The fourth-order valence-corrected chi connectivity index (χ4v) is 9.04. The molecule has 1 N–H and O–H groups in total. The second-order valence-corrected chi connectivity index (χ2v) is 12.2. The third-order valence-corrected chi connectivity index (χ3v) is 10.7. The molecule has 0 spiro atoms. The molecule has 4 aliphatic carbocycles. The van der Waals surface area contributed by atoms with Crippen LogP contribution in [0, 0.1) is 34.5 Å². The van der Waals surface area contributed by atoms with E-state index < -0.39 is 5.60 Å². The highest BCUT2D eigenvalue weighted by Gasteiger charge is 2.61. The predicted octanol–water partition coefficient (Wildman–Crippen LogP) is 6.21. The van der Waals surface area contributed by atoms with Gasteiger partial charge in [0, 0.05) is 18.3 Å². The van der Waals surface area contributed by atoms with Crippen molar-refractivity contribution in [2.75, 3.05) is 0 Å². The molecular weight excluding hydrogens is 368 g/mol. The first-order chi connectivity index (χ1) is 14.3. The number of hydrogen-bond donors (Lipinski definition) is 1. The first kappa shape index (κ1) is 19.3. The molecule has 6 rings (SSSR count). The first-order valence-corrected chi connectivity index (χ1v) is 12.5. The molecule has 162 valence electrons. The maximum absolute atomic E-state index is 10.7. The minimum Gasteiger partial charge on any atom is -0.390 e. The summed E-state index contributed by atoms with van der Waals surface area (Å²) in [6.45, 7) is 7.28. The lowest BCUT2D eigenvalue weighted by atomic mass is 9.44. The van der Waals surface area contributed by atoms with E-state index in [1.807, 2.05) is 0 Å². The van der Waals surface area contributed by atoms with Gasteiger partial charge in [0.1, 0.15) is 5.65 Å². The lowest BCUT2D eigenvalue weighted by molar-refractivity contribution is -0.143. The summed E-state index contributed by atoms with van der Waals surface area (Å²) in [5, 5.41) is 10.7. The van der Waals surface area contributed by atoms with Crippen LogP contribution in [-0.4, -0.2) is 20.1 Å². The molecule has 4 fully saturated rings. The summed E-state index contributed by atoms with van der Waals surface area (Å²) in [7, 11) is 0. The average Bonchev–Trinajstić information content (AvgIpc) is 3.28. The number of nitrogens with zero attached hydrogens (tertiary/aromatic N) is 2. The van der Waals surface area contributed by atoms with Crippen molar-refractivity contribution in [3.05, 3.63) is 36.3 Å². The van der Waals surface area contributed by atoms with Crippen LogP contribution >= 0.6 is 0 Å². The second-order valence-electron chi connectivity index (χ2n) is 12.2. The zero-order valence-corrected chi connectivity index (χ0v) is 19.0. The van der Waals surface area contributed by atoms with Gasteiger partial charge in [0.2, 0.25) is 0 Å². The van der Waals surface area contributed by atoms with Crippen molar-refractivity contribution in [1.29, 1.82) is 0 Å². The highest BCUT2D eigenvalue weighted by Crippen LogP contribution is 2.69. The zero-order valence-electron chi connectivity index (χ0n) is 19.0. The van der Waals surface area contributed by atoms with Crippen molar-refractivity contribution in [1.82, 2.24) is 9.38 Å². The summed E-state index contributed by atoms with van der Waals surface area (Å²) in [6, 6.07) is 6.33. The van der Waals surface area contributed by atoms with Crippen molar-refractivity contribution >= 4 is 5.65 Å². The standard InChI is InChI=1S/C27H38N2O/c1-25(30)13-14-26(2)18(16-25)7-8-19-20-9-10-22(27(20,3)12-11-21(19)26)23-17-29-15-5-4-6-24(29)28-23/h4-6,15,17-22,30H,7-14,16H2,1-3H3/t18-,19+,20+,21+,22-,25-,26+,27+/m1/s1. The molecule has 2 heterocycles. The Morgan fingerprint density at radius 3 is 2.60 bits per heavy atom. The lowest BCUT2D eigenvalue weighted by Crippen LogP contribution is -2.55. The maximum Gasteiger partial charge on any atom is 0.136 e. The van der Waals surface area contributed by atoms with Crippen LogP contribution in [0.3, 0.4) is 0 Å². The Morgan fingerprint density at radius 1 is 0.933 bits per heavy atom. The van der Waals surface area contributed by atoms with Gasteiger partial charge in [-0.15, -0.1) is 0 Å². The Kier molecular flexibility index (Phi) is 4.09.